The number of hydrogen-bond donors (Lipinski definition) is 2. The maximum Gasteiger partial charge on any atom is 0.260 e. The number of nitrogens with two attached hydrogens (primary N) is 1. The normalized spacial score (nSPS) is 10.9. The van der Waals surface area contributed by atoms with Gasteiger partial charge in [0.15, 0.2) is 0 Å². The summed E-state index contributed by atoms with van der Waals surface area (Å²) in [5.41, 5.74) is -0.326. The first kappa shape index (κ1) is 7.64. The highest BCUT2D eigenvalue weighted by Gasteiger charge is 2.17. The van der Waals surface area contributed by atoms with Gasteiger partial charge in [-0.05, 0) is 0 Å². The highest BCUT2D eigenvalue weighted by Crippen LogP contribution is 2.03. The summed E-state index contributed by atoms with van der Waals surface area (Å²) in [6, 6.07) is 1.52. The van der Waals surface area contributed by atoms with Crippen molar-refractivity contribution in [3.8, 4) is 6.07 Å². The van der Waals surface area contributed by atoms with Gasteiger partial charge in [-0.3, -0.25) is 0 Å². The van der Waals surface area contributed by atoms with Gasteiger partial charge in [0.2, 0.25) is 10.7 Å². The summed E-state index contributed by atoms with van der Waals surface area (Å²) in [5.74, 6) is 0. The van der Waals surface area contributed by atoms with Crippen molar-refractivity contribution >= 4 is 10.0 Å². The van der Waals surface area contributed by atoms with Crippen molar-refractivity contribution in [3.63, 3.8) is 0 Å². The van der Waals surface area contributed by atoms with Crippen molar-refractivity contribution in [2.45, 2.75) is 5.03 Å². The van der Waals surface area contributed by atoms with Crippen molar-refractivity contribution < 1.29 is 8.42 Å². The predicted octanol–water partition coefficient (Wildman–Crippen LogP) is -1.68. The fraction of sp³-hybridized carbons (Fsp3) is 0. The van der Waals surface area contributed by atoms with Gasteiger partial charge in [0.05, 0.1) is 0 Å². The Morgan fingerprint density at radius 2 is 2.18 bits per heavy atom. The molecule has 58 valence electrons. The lowest BCUT2D eigenvalue weighted by Gasteiger charge is -1.86. The number of aromatic nitrogens is 3. The van der Waals surface area contributed by atoms with Crippen LogP contribution in [-0.2, 0) is 10.0 Å². The Kier molecular flexibility index (Phi) is 1.60. The highest BCUT2D eigenvalue weighted by molar-refractivity contribution is 7.89. The second kappa shape index (κ2) is 2.30. The van der Waals surface area contributed by atoms with Crippen LogP contribution in [0.15, 0.2) is 5.03 Å². The van der Waals surface area contributed by atoms with Crippen molar-refractivity contribution in [3.05, 3.63) is 5.69 Å². The summed E-state index contributed by atoms with van der Waals surface area (Å²) in [7, 11) is -3.93. The smallest absolute Gasteiger partial charge is 0.223 e. The zero-order valence-electron chi connectivity index (χ0n) is 5.14. The van der Waals surface area contributed by atoms with Crippen LogP contribution in [0, 0.1) is 11.3 Å². The average molecular weight is 173 g/mol. The van der Waals surface area contributed by atoms with Crippen LogP contribution in [0.2, 0.25) is 0 Å². The number of primary sulfonamides is 1. The number of nitrogens with zero attached hydrogens (tertiary/aromatic N) is 3. The third kappa shape index (κ3) is 1.34. The largest absolute Gasteiger partial charge is 0.260 e. The Bertz CT molecular complexity index is 398. The number of nitrogens with one attached hydrogen (secondary N) is 1. The summed E-state index contributed by atoms with van der Waals surface area (Å²) >= 11 is 0. The van der Waals surface area contributed by atoms with E-state index in [1.165, 1.54) is 6.07 Å². The first-order valence-corrected chi connectivity index (χ1v) is 3.94. The van der Waals surface area contributed by atoms with Gasteiger partial charge >= 0.3 is 0 Å². The van der Waals surface area contributed by atoms with Crippen molar-refractivity contribution in [1.29, 1.82) is 5.26 Å². The second-order valence-corrected chi connectivity index (χ2v) is 3.11. The molecule has 0 aliphatic rings. The fourth-order valence-electron chi connectivity index (χ4n) is 0.492. The third-order valence-corrected chi connectivity index (χ3v) is 1.71. The zero-order chi connectivity index (χ0) is 8.48. The molecule has 7 nitrogen and oxygen atoms in total. The number of sulfonamides is 1. The molecule has 0 saturated carbocycles. The Labute approximate surface area is 61.9 Å². The molecular weight excluding hydrogens is 170 g/mol. The summed E-state index contributed by atoms with van der Waals surface area (Å²) in [5, 5.41) is 20.8. The Balaban J connectivity index is 3.39. The van der Waals surface area contributed by atoms with E-state index in [0.717, 1.165) is 0 Å². The van der Waals surface area contributed by atoms with E-state index >= 15 is 0 Å². The lowest BCUT2D eigenvalue weighted by atomic mass is 10.5. The molecule has 0 radical (unpaired) electrons. The molecular formula is C3H3N5O2S. The number of H-pyrrole nitrogens is 1. The van der Waals surface area contributed by atoms with Crippen LogP contribution in [-0.4, -0.2) is 23.8 Å². The highest BCUT2D eigenvalue weighted by atomic mass is 32.2. The van der Waals surface area contributed by atoms with E-state index < -0.39 is 15.0 Å². The molecule has 0 atom stereocenters. The Hall–Kier alpha value is -1.46. The molecule has 3 N–H and O–H groups in total. The van der Waals surface area contributed by atoms with E-state index in [1.54, 1.807) is 0 Å². The molecule has 0 bridgehead atoms. The van der Waals surface area contributed by atoms with Gasteiger partial charge in [0.1, 0.15) is 6.07 Å². The van der Waals surface area contributed by atoms with E-state index in [2.05, 4.69) is 15.3 Å². The van der Waals surface area contributed by atoms with Gasteiger partial charge in [0.25, 0.3) is 10.0 Å². The quantitative estimate of drug-likeness (QED) is 0.524. The van der Waals surface area contributed by atoms with Crippen LogP contribution >= 0.6 is 0 Å². The second-order valence-electron chi connectivity index (χ2n) is 1.63. The van der Waals surface area contributed by atoms with Gasteiger partial charge in [-0.1, -0.05) is 0 Å². The number of rotatable bonds is 1. The van der Waals surface area contributed by atoms with Crippen molar-refractivity contribution in [2.24, 2.45) is 5.14 Å². The van der Waals surface area contributed by atoms with E-state index in [0.29, 0.717) is 0 Å². The van der Waals surface area contributed by atoms with Gasteiger partial charge in [-0.25, -0.2) is 13.6 Å². The average Bonchev–Trinajstić information content (AvgIpc) is 2.31. The molecule has 0 amide bonds. The summed E-state index contributed by atoms with van der Waals surface area (Å²) < 4.78 is 21.2. The van der Waals surface area contributed by atoms with Crippen LogP contribution in [0.4, 0.5) is 0 Å². The SMILES string of the molecule is N#Cc1n[nH]nc1S(N)(=O)=O. The molecule has 0 unspecified atom stereocenters. The zero-order valence-corrected chi connectivity index (χ0v) is 5.96. The predicted molar refractivity (Wildman–Crippen MR) is 32.5 cm³/mol. The van der Waals surface area contributed by atoms with Crippen LogP contribution in [0.1, 0.15) is 5.69 Å². The van der Waals surface area contributed by atoms with E-state index in [9.17, 15) is 8.42 Å². The van der Waals surface area contributed by atoms with Gasteiger partial charge < -0.3 is 0 Å². The lowest BCUT2D eigenvalue weighted by molar-refractivity contribution is 0.593. The van der Waals surface area contributed by atoms with E-state index in [1.807, 2.05) is 5.21 Å². The Morgan fingerprint density at radius 3 is 2.55 bits per heavy atom. The molecule has 0 aliphatic carbocycles. The minimum Gasteiger partial charge on any atom is -0.223 e. The van der Waals surface area contributed by atoms with Crippen molar-refractivity contribution in [1.82, 2.24) is 15.4 Å². The molecule has 0 spiro atoms. The number of aromatic amines is 1. The molecule has 1 aromatic rings. The molecule has 1 aromatic heterocycles. The molecule has 8 heteroatoms. The van der Waals surface area contributed by atoms with Crippen LogP contribution in [0.5, 0.6) is 0 Å². The van der Waals surface area contributed by atoms with Crippen LogP contribution < -0.4 is 5.14 Å². The molecule has 0 aromatic carbocycles. The van der Waals surface area contributed by atoms with Gasteiger partial charge in [0, 0.05) is 0 Å². The van der Waals surface area contributed by atoms with Gasteiger partial charge in [-0.2, -0.15) is 10.5 Å². The fourth-order valence-corrected chi connectivity index (χ4v) is 1.02. The van der Waals surface area contributed by atoms with E-state index in [4.69, 9.17) is 5.26 Å². The molecule has 11 heavy (non-hydrogen) atoms. The maximum atomic E-state index is 10.6. The van der Waals surface area contributed by atoms with E-state index in [-0.39, 0.29) is 5.69 Å². The van der Waals surface area contributed by atoms with Gasteiger partial charge in [-0.15, -0.1) is 10.2 Å². The molecule has 0 saturated heterocycles. The molecule has 1 rings (SSSR count). The summed E-state index contributed by atoms with van der Waals surface area (Å²) in [6.07, 6.45) is 0. The minimum atomic E-state index is -3.93. The third-order valence-electron chi connectivity index (χ3n) is 0.891. The number of hydrogen-bond acceptors (Lipinski definition) is 5. The topological polar surface area (TPSA) is 126 Å². The standard InChI is InChI=1S/C3H3N5O2S/c4-1-2-3(7-8-6-2)11(5,9)10/h(H2,5,9,10)(H,6,7,8). The summed E-state index contributed by atoms with van der Waals surface area (Å²) in [6.45, 7) is 0. The van der Waals surface area contributed by atoms with Crippen molar-refractivity contribution in [2.75, 3.05) is 0 Å². The maximum absolute atomic E-state index is 10.6. The minimum absolute atomic E-state index is 0.326. The Morgan fingerprint density at radius 1 is 1.55 bits per heavy atom. The first-order chi connectivity index (χ1) is 5.05. The summed E-state index contributed by atoms with van der Waals surface area (Å²) in [4.78, 5) is 0. The molecule has 0 aliphatic heterocycles. The molecule has 0 fully saturated rings. The number of nitriles is 1. The van der Waals surface area contributed by atoms with Crippen LogP contribution in [0.3, 0.4) is 0 Å². The lowest BCUT2D eigenvalue weighted by Crippen LogP contribution is -2.14. The monoisotopic (exact) mass is 173 g/mol. The van der Waals surface area contributed by atoms with Crippen LogP contribution in [0.25, 0.3) is 0 Å². The molecule has 1 heterocycles. The first-order valence-electron chi connectivity index (χ1n) is 2.39.